The van der Waals surface area contributed by atoms with E-state index < -0.39 is 0 Å². The molecule has 0 aliphatic heterocycles. The van der Waals surface area contributed by atoms with E-state index in [2.05, 4.69) is 22.2 Å². The van der Waals surface area contributed by atoms with Gasteiger partial charge in [0.25, 0.3) is 0 Å². The maximum absolute atomic E-state index is 5.81. The fourth-order valence-corrected chi connectivity index (χ4v) is 2.72. The molecule has 0 unspecified atom stereocenters. The van der Waals surface area contributed by atoms with Gasteiger partial charge in [0.2, 0.25) is 0 Å². The largest absolute Gasteiger partial charge is 0.267 e. The quantitative estimate of drug-likeness (QED) is 0.730. The van der Waals surface area contributed by atoms with Gasteiger partial charge in [-0.15, -0.1) is 11.3 Å². The summed E-state index contributed by atoms with van der Waals surface area (Å²) in [6.07, 6.45) is 5.69. The molecule has 0 fully saturated rings. The summed E-state index contributed by atoms with van der Waals surface area (Å²) in [5.41, 5.74) is 2.29. The molecule has 0 amide bonds. The zero-order valence-electron chi connectivity index (χ0n) is 9.45. The van der Waals surface area contributed by atoms with Crippen molar-refractivity contribution in [1.82, 2.24) is 14.8 Å². The Morgan fingerprint density at radius 1 is 1.11 bits per heavy atom. The molecule has 0 aliphatic carbocycles. The minimum absolute atomic E-state index is 0.570. The van der Waals surface area contributed by atoms with Gasteiger partial charge < -0.3 is 0 Å². The zero-order valence-corrected chi connectivity index (χ0v) is 11.0. The normalized spacial score (nSPS) is 10.7. The molecule has 0 radical (unpaired) electrons. The molecule has 2 aromatic heterocycles. The molecule has 0 bridgehead atoms. The Bertz CT molecular complexity index is 645. The highest BCUT2D eigenvalue weighted by Gasteiger charge is 2.04. The Balaban J connectivity index is 1.82. The Morgan fingerprint density at radius 3 is 2.67 bits per heavy atom. The lowest BCUT2D eigenvalue weighted by molar-refractivity contribution is 0.694. The van der Waals surface area contributed by atoms with Crippen molar-refractivity contribution in [3.05, 3.63) is 58.3 Å². The summed E-state index contributed by atoms with van der Waals surface area (Å²) >= 11 is 7.29. The minimum Gasteiger partial charge on any atom is -0.267 e. The number of nitrogens with zero attached hydrogens (tertiary/aromatic N) is 3. The van der Waals surface area contributed by atoms with Gasteiger partial charge in [-0.3, -0.25) is 4.68 Å². The molecule has 1 aromatic carbocycles. The van der Waals surface area contributed by atoms with E-state index in [-0.39, 0.29) is 0 Å². The van der Waals surface area contributed by atoms with Gasteiger partial charge in [0.15, 0.2) is 4.47 Å². The lowest BCUT2D eigenvalue weighted by Gasteiger charge is -1.97. The van der Waals surface area contributed by atoms with Gasteiger partial charge in [0.1, 0.15) is 0 Å². The molecular weight excluding hydrogens is 266 g/mol. The average molecular weight is 276 g/mol. The Hall–Kier alpha value is -1.65. The summed E-state index contributed by atoms with van der Waals surface area (Å²) in [6, 6.07) is 10.2. The highest BCUT2D eigenvalue weighted by Crippen LogP contribution is 2.21. The van der Waals surface area contributed by atoms with Crippen LogP contribution in [0.5, 0.6) is 0 Å². The maximum Gasteiger partial charge on any atom is 0.183 e. The molecule has 0 saturated heterocycles. The van der Waals surface area contributed by atoms with E-state index in [4.69, 9.17) is 11.6 Å². The summed E-state index contributed by atoms with van der Waals surface area (Å²) in [6.45, 7) is 0.706. The van der Waals surface area contributed by atoms with Crippen LogP contribution in [0.2, 0.25) is 4.47 Å². The molecular formula is C13H10ClN3S. The van der Waals surface area contributed by atoms with E-state index in [1.165, 1.54) is 16.9 Å². The van der Waals surface area contributed by atoms with Crippen molar-refractivity contribution in [2.75, 3.05) is 0 Å². The van der Waals surface area contributed by atoms with E-state index in [0.717, 1.165) is 10.4 Å². The third-order valence-electron chi connectivity index (χ3n) is 2.58. The summed E-state index contributed by atoms with van der Waals surface area (Å²) in [5.74, 6) is 0. The Labute approximate surface area is 114 Å². The van der Waals surface area contributed by atoms with Crippen LogP contribution >= 0.6 is 22.9 Å². The van der Waals surface area contributed by atoms with Crippen molar-refractivity contribution >= 4 is 22.9 Å². The van der Waals surface area contributed by atoms with Gasteiger partial charge in [-0.2, -0.15) is 5.10 Å². The first-order valence-electron chi connectivity index (χ1n) is 5.49. The fourth-order valence-electron chi connectivity index (χ4n) is 1.75. The van der Waals surface area contributed by atoms with Crippen LogP contribution in [0, 0.1) is 0 Å². The van der Waals surface area contributed by atoms with Crippen LogP contribution in [0.3, 0.4) is 0 Å². The second-order valence-corrected chi connectivity index (χ2v) is 5.57. The van der Waals surface area contributed by atoms with Gasteiger partial charge >= 0.3 is 0 Å². The molecule has 0 N–H and O–H groups in total. The molecule has 2 heterocycles. The molecule has 3 nitrogen and oxygen atoms in total. The first kappa shape index (κ1) is 11.4. The van der Waals surface area contributed by atoms with Crippen molar-refractivity contribution in [2.24, 2.45) is 0 Å². The van der Waals surface area contributed by atoms with Gasteiger partial charge in [0.05, 0.1) is 12.7 Å². The Kier molecular flexibility index (Phi) is 3.13. The van der Waals surface area contributed by atoms with Crippen molar-refractivity contribution in [3.63, 3.8) is 0 Å². The highest BCUT2D eigenvalue weighted by atomic mass is 35.5. The molecule has 3 aromatic rings. The molecule has 90 valence electrons. The van der Waals surface area contributed by atoms with E-state index in [0.29, 0.717) is 11.0 Å². The molecule has 5 heteroatoms. The maximum atomic E-state index is 5.81. The van der Waals surface area contributed by atoms with Crippen molar-refractivity contribution in [3.8, 4) is 11.1 Å². The lowest BCUT2D eigenvalue weighted by Crippen LogP contribution is -1.97. The topological polar surface area (TPSA) is 30.7 Å². The third-order valence-corrected chi connectivity index (χ3v) is 3.68. The van der Waals surface area contributed by atoms with Gasteiger partial charge in [0, 0.05) is 22.8 Å². The van der Waals surface area contributed by atoms with Crippen LogP contribution in [0.15, 0.2) is 48.9 Å². The number of halogens is 1. The minimum atomic E-state index is 0.570. The van der Waals surface area contributed by atoms with Crippen LogP contribution in [0.1, 0.15) is 4.88 Å². The van der Waals surface area contributed by atoms with Crippen LogP contribution in [0.4, 0.5) is 0 Å². The van der Waals surface area contributed by atoms with E-state index in [1.54, 1.807) is 6.20 Å². The summed E-state index contributed by atoms with van der Waals surface area (Å²) in [5, 5.41) is 4.35. The summed E-state index contributed by atoms with van der Waals surface area (Å²) in [7, 11) is 0. The fraction of sp³-hybridized carbons (Fsp3) is 0.0769. The first-order chi connectivity index (χ1) is 8.81. The highest BCUT2D eigenvalue weighted by molar-refractivity contribution is 7.15. The lowest BCUT2D eigenvalue weighted by atomic mass is 10.1. The number of rotatable bonds is 3. The van der Waals surface area contributed by atoms with Gasteiger partial charge in [-0.05, 0) is 5.56 Å². The third kappa shape index (κ3) is 2.44. The number of thiazole rings is 1. The molecule has 0 atom stereocenters. The smallest absolute Gasteiger partial charge is 0.183 e. The van der Waals surface area contributed by atoms with E-state index in [9.17, 15) is 0 Å². The molecule has 0 saturated carbocycles. The average Bonchev–Trinajstić information content (AvgIpc) is 3.01. The van der Waals surface area contributed by atoms with Gasteiger partial charge in [-0.1, -0.05) is 41.9 Å². The van der Waals surface area contributed by atoms with Crippen LogP contribution in [-0.4, -0.2) is 14.8 Å². The number of aromatic nitrogens is 3. The van der Waals surface area contributed by atoms with E-state index >= 15 is 0 Å². The second-order valence-electron chi connectivity index (χ2n) is 3.87. The van der Waals surface area contributed by atoms with Crippen molar-refractivity contribution in [2.45, 2.75) is 6.54 Å². The van der Waals surface area contributed by atoms with Crippen LogP contribution in [-0.2, 0) is 6.54 Å². The molecule has 3 rings (SSSR count). The number of benzene rings is 1. The number of hydrogen-bond donors (Lipinski definition) is 0. The predicted octanol–water partition coefficient (Wildman–Crippen LogP) is 3.71. The molecule has 0 spiro atoms. The van der Waals surface area contributed by atoms with Gasteiger partial charge in [-0.25, -0.2) is 4.98 Å². The summed E-state index contributed by atoms with van der Waals surface area (Å²) < 4.78 is 2.46. The number of hydrogen-bond acceptors (Lipinski definition) is 3. The van der Waals surface area contributed by atoms with Crippen LogP contribution < -0.4 is 0 Å². The SMILES string of the molecule is Clc1ncc(Cn2cc(-c3ccccc3)cn2)s1. The molecule has 0 aliphatic rings. The monoisotopic (exact) mass is 275 g/mol. The first-order valence-corrected chi connectivity index (χ1v) is 6.69. The van der Waals surface area contributed by atoms with Crippen molar-refractivity contribution < 1.29 is 0 Å². The molecule has 18 heavy (non-hydrogen) atoms. The van der Waals surface area contributed by atoms with E-state index in [1.807, 2.05) is 35.3 Å². The second kappa shape index (κ2) is 4.92. The van der Waals surface area contributed by atoms with Crippen molar-refractivity contribution in [1.29, 1.82) is 0 Å². The van der Waals surface area contributed by atoms with Crippen LogP contribution in [0.25, 0.3) is 11.1 Å². The summed E-state index contributed by atoms with van der Waals surface area (Å²) in [4.78, 5) is 5.12. The predicted molar refractivity (Wildman–Crippen MR) is 73.9 cm³/mol. The Morgan fingerprint density at radius 2 is 1.94 bits per heavy atom. The zero-order chi connectivity index (χ0) is 12.4. The standard InChI is InChI=1S/C13H10ClN3S/c14-13-15-7-12(18-13)9-17-8-11(6-16-17)10-4-2-1-3-5-10/h1-8H,9H2.